The van der Waals surface area contributed by atoms with Gasteiger partial charge in [-0.1, -0.05) is 37.8 Å². The minimum absolute atomic E-state index is 0.248. The van der Waals surface area contributed by atoms with Crippen LogP contribution >= 0.6 is 0 Å². The van der Waals surface area contributed by atoms with Gasteiger partial charge in [-0.3, -0.25) is 4.79 Å². The Labute approximate surface area is 158 Å². The van der Waals surface area contributed by atoms with Gasteiger partial charge in [0.25, 0.3) is 0 Å². The third kappa shape index (κ3) is 4.11. The number of benzene rings is 2. The molecule has 3 amide bonds. The first-order valence-corrected chi connectivity index (χ1v) is 8.82. The largest absolute Gasteiger partial charge is 0.497 e. The third-order valence-corrected chi connectivity index (χ3v) is 4.66. The van der Waals surface area contributed by atoms with E-state index >= 15 is 0 Å². The minimum Gasteiger partial charge on any atom is -0.497 e. The summed E-state index contributed by atoms with van der Waals surface area (Å²) in [5.41, 5.74) is 3.06. The molecule has 0 aliphatic carbocycles. The van der Waals surface area contributed by atoms with Crippen LogP contribution in [-0.2, 0) is 11.2 Å². The average Bonchev–Trinajstić information content (AvgIpc) is 2.68. The van der Waals surface area contributed by atoms with Crippen LogP contribution in [0, 0.1) is 5.92 Å². The number of aryl methyl sites for hydroxylation is 1. The number of ether oxygens (including phenoxy) is 1. The molecular formula is C21H23N3O3. The number of rotatable bonds is 5. The predicted molar refractivity (Wildman–Crippen MR) is 104 cm³/mol. The van der Waals surface area contributed by atoms with Gasteiger partial charge in [0.1, 0.15) is 11.7 Å². The first-order valence-electron chi connectivity index (χ1n) is 8.82. The maximum Gasteiger partial charge on any atom is 0.319 e. The highest BCUT2D eigenvalue weighted by atomic mass is 16.5. The topological polar surface area (TPSA) is 79.5 Å². The molecule has 1 aliphatic heterocycles. The van der Waals surface area contributed by atoms with Crippen LogP contribution in [0.15, 0.2) is 60.8 Å². The Balaban J connectivity index is 1.84. The molecule has 6 heteroatoms. The van der Waals surface area contributed by atoms with E-state index in [1.165, 1.54) is 5.56 Å². The molecule has 6 nitrogen and oxygen atoms in total. The average molecular weight is 365 g/mol. The molecule has 3 rings (SSSR count). The first-order chi connectivity index (χ1) is 13.0. The number of methoxy groups -OCH3 is 1. The SMILES string of the molecule is C=C1NC(=O)N[C@H](c2ccc(CC)cc2)[C@H]1C(=O)Nc1ccc(OC)cc1. The molecule has 2 atom stereocenters. The Bertz CT molecular complexity index is 844. The lowest BCUT2D eigenvalue weighted by molar-refractivity contribution is -0.119. The number of anilines is 1. The molecular weight excluding hydrogens is 342 g/mol. The van der Waals surface area contributed by atoms with Gasteiger partial charge in [-0.2, -0.15) is 0 Å². The van der Waals surface area contributed by atoms with Crippen molar-refractivity contribution < 1.29 is 14.3 Å². The highest BCUT2D eigenvalue weighted by Gasteiger charge is 2.37. The Morgan fingerprint density at radius 3 is 2.41 bits per heavy atom. The smallest absolute Gasteiger partial charge is 0.319 e. The Hall–Kier alpha value is -3.28. The van der Waals surface area contributed by atoms with Crippen LogP contribution in [0.1, 0.15) is 24.1 Å². The van der Waals surface area contributed by atoms with E-state index in [0.29, 0.717) is 17.1 Å². The summed E-state index contributed by atoms with van der Waals surface area (Å²) < 4.78 is 5.13. The summed E-state index contributed by atoms with van der Waals surface area (Å²) in [6.45, 7) is 5.97. The summed E-state index contributed by atoms with van der Waals surface area (Å²) in [5, 5.41) is 8.34. The number of hydrogen-bond acceptors (Lipinski definition) is 3. The van der Waals surface area contributed by atoms with Crippen LogP contribution in [0.4, 0.5) is 10.5 Å². The van der Waals surface area contributed by atoms with Crippen molar-refractivity contribution in [2.45, 2.75) is 19.4 Å². The van der Waals surface area contributed by atoms with Gasteiger partial charge < -0.3 is 20.7 Å². The Morgan fingerprint density at radius 1 is 1.15 bits per heavy atom. The molecule has 2 aromatic carbocycles. The molecule has 1 saturated heterocycles. The maximum atomic E-state index is 13.0. The quantitative estimate of drug-likeness (QED) is 0.760. The fraction of sp³-hybridized carbons (Fsp3) is 0.238. The van der Waals surface area contributed by atoms with Crippen molar-refractivity contribution in [3.05, 3.63) is 71.9 Å². The van der Waals surface area contributed by atoms with Crippen molar-refractivity contribution in [1.82, 2.24) is 10.6 Å². The summed E-state index contributed by atoms with van der Waals surface area (Å²) in [4.78, 5) is 24.9. The van der Waals surface area contributed by atoms with Gasteiger partial charge in [-0.15, -0.1) is 0 Å². The minimum atomic E-state index is -0.641. The predicted octanol–water partition coefficient (Wildman–Crippen LogP) is 3.38. The molecule has 3 N–H and O–H groups in total. The van der Waals surface area contributed by atoms with E-state index in [1.807, 2.05) is 24.3 Å². The normalized spacial score (nSPS) is 19.0. The molecule has 1 aliphatic rings. The van der Waals surface area contributed by atoms with Crippen molar-refractivity contribution in [3.63, 3.8) is 0 Å². The van der Waals surface area contributed by atoms with Crippen LogP contribution in [0.25, 0.3) is 0 Å². The number of carbonyl (C=O) groups is 2. The molecule has 0 saturated carbocycles. The molecule has 0 bridgehead atoms. The van der Waals surface area contributed by atoms with Crippen molar-refractivity contribution in [2.75, 3.05) is 12.4 Å². The van der Waals surface area contributed by atoms with E-state index in [-0.39, 0.29) is 11.9 Å². The molecule has 0 spiro atoms. The second kappa shape index (κ2) is 7.95. The highest BCUT2D eigenvalue weighted by molar-refractivity contribution is 5.97. The molecule has 0 unspecified atom stereocenters. The number of amides is 3. The second-order valence-electron chi connectivity index (χ2n) is 6.39. The van der Waals surface area contributed by atoms with E-state index in [2.05, 4.69) is 29.5 Å². The monoisotopic (exact) mass is 365 g/mol. The number of hydrogen-bond donors (Lipinski definition) is 3. The fourth-order valence-electron chi connectivity index (χ4n) is 3.13. The van der Waals surface area contributed by atoms with Crippen molar-refractivity contribution in [2.24, 2.45) is 5.92 Å². The third-order valence-electron chi connectivity index (χ3n) is 4.66. The van der Waals surface area contributed by atoms with E-state index in [4.69, 9.17) is 4.74 Å². The van der Waals surface area contributed by atoms with Gasteiger partial charge in [0.05, 0.1) is 13.2 Å². The summed E-state index contributed by atoms with van der Waals surface area (Å²) >= 11 is 0. The van der Waals surface area contributed by atoms with Crippen molar-refractivity contribution >= 4 is 17.6 Å². The highest BCUT2D eigenvalue weighted by Crippen LogP contribution is 2.31. The zero-order chi connectivity index (χ0) is 19.4. The number of urea groups is 1. The maximum absolute atomic E-state index is 13.0. The zero-order valence-electron chi connectivity index (χ0n) is 15.4. The molecule has 0 radical (unpaired) electrons. The van der Waals surface area contributed by atoms with E-state index < -0.39 is 12.0 Å². The molecule has 2 aromatic rings. The molecule has 1 fully saturated rings. The standard InChI is InChI=1S/C21H23N3O3/c1-4-14-5-7-15(8-6-14)19-18(13(2)22-21(26)24-19)20(25)23-16-9-11-17(27-3)12-10-16/h5-12,18-19H,2,4H2,1,3H3,(H,23,25)(H2,22,24,26)/t18-,19+/m0/s1. The van der Waals surface area contributed by atoms with Crippen LogP contribution < -0.4 is 20.7 Å². The summed E-state index contributed by atoms with van der Waals surface area (Å²) in [6.07, 6.45) is 0.924. The lowest BCUT2D eigenvalue weighted by Crippen LogP contribution is -2.51. The van der Waals surface area contributed by atoms with Crippen LogP contribution in [0.3, 0.4) is 0 Å². The first kappa shape index (κ1) is 18.5. The van der Waals surface area contributed by atoms with Crippen LogP contribution in [0.5, 0.6) is 5.75 Å². The van der Waals surface area contributed by atoms with Crippen molar-refractivity contribution in [3.8, 4) is 5.75 Å². The van der Waals surface area contributed by atoms with Gasteiger partial charge in [-0.25, -0.2) is 4.79 Å². The van der Waals surface area contributed by atoms with Gasteiger partial charge in [0.2, 0.25) is 5.91 Å². The number of nitrogens with one attached hydrogen (secondary N) is 3. The lowest BCUT2D eigenvalue weighted by Gasteiger charge is -2.34. The van der Waals surface area contributed by atoms with E-state index in [1.54, 1.807) is 31.4 Å². The number of carbonyl (C=O) groups excluding carboxylic acids is 2. The van der Waals surface area contributed by atoms with Gasteiger partial charge in [0.15, 0.2) is 0 Å². The Morgan fingerprint density at radius 2 is 1.81 bits per heavy atom. The fourth-order valence-corrected chi connectivity index (χ4v) is 3.13. The van der Waals surface area contributed by atoms with Gasteiger partial charge in [0, 0.05) is 11.4 Å². The van der Waals surface area contributed by atoms with E-state index in [9.17, 15) is 9.59 Å². The van der Waals surface area contributed by atoms with Gasteiger partial charge in [-0.05, 0) is 41.8 Å². The lowest BCUT2D eigenvalue weighted by atomic mass is 9.87. The zero-order valence-corrected chi connectivity index (χ0v) is 15.4. The van der Waals surface area contributed by atoms with Crippen molar-refractivity contribution in [1.29, 1.82) is 0 Å². The van der Waals surface area contributed by atoms with Crippen LogP contribution in [-0.4, -0.2) is 19.0 Å². The second-order valence-corrected chi connectivity index (χ2v) is 6.39. The van der Waals surface area contributed by atoms with E-state index in [0.717, 1.165) is 12.0 Å². The summed E-state index contributed by atoms with van der Waals surface area (Å²) in [6, 6.07) is 14.1. The Kier molecular flexibility index (Phi) is 5.45. The van der Waals surface area contributed by atoms with Crippen LogP contribution in [0.2, 0.25) is 0 Å². The molecule has 1 heterocycles. The molecule has 27 heavy (non-hydrogen) atoms. The summed E-state index contributed by atoms with van der Waals surface area (Å²) in [7, 11) is 1.59. The molecule has 0 aromatic heterocycles. The summed E-state index contributed by atoms with van der Waals surface area (Å²) in [5.74, 6) is -0.183. The molecule has 140 valence electrons. The van der Waals surface area contributed by atoms with Gasteiger partial charge >= 0.3 is 6.03 Å².